The molecule has 7 nitrogen and oxygen atoms in total. The Morgan fingerprint density at radius 3 is 2.48 bits per heavy atom. The van der Waals surface area contributed by atoms with Gasteiger partial charge in [-0.25, -0.2) is 0 Å². The fourth-order valence-corrected chi connectivity index (χ4v) is 4.91. The average molecular weight is 470 g/mol. The van der Waals surface area contributed by atoms with Gasteiger partial charge in [-0.05, 0) is 37.8 Å². The van der Waals surface area contributed by atoms with Gasteiger partial charge < -0.3 is 10.2 Å². The third kappa shape index (κ3) is 7.32. The standard InChI is InChI=1S/C25H31N3O4S/c1-18-6-5-7-21(14-18)15-27(19(2)25(30)26-22-8-3-4-9-22)24(29)17-33-16-20-10-12-23(13-11-20)28(31)32/h5-7,10-14,19,22H,3-4,8-9,15-17H2,1-2H3,(H,26,30). The zero-order valence-corrected chi connectivity index (χ0v) is 20.0. The molecular weight excluding hydrogens is 438 g/mol. The maximum Gasteiger partial charge on any atom is 0.269 e. The largest absolute Gasteiger partial charge is 0.352 e. The molecule has 3 rings (SSSR count). The van der Waals surface area contributed by atoms with Crippen LogP contribution in [0.25, 0.3) is 0 Å². The second kappa shape index (κ2) is 11.8. The second-order valence-electron chi connectivity index (χ2n) is 8.59. The highest BCUT2D eigenvalue weighted by atomic mass is 32.2. The van der Waals surface area contributed by atoms with Crippen molar-refractivity contribution < 1.29 is 14.5 Å². The summed E-state index contributed by atoms with van der Waals surface area (Å²) >= 11 is 1.44. The Kier molecular flexibility index (Phi) is 8.88. The van der Waals surface area contributed by atoms with E-state index in [1.165, 1.54) is 23.9 Å². The van der Waals surface area contributed by atoms with Crippen molar-refractivity contribution in [1.29, 1.82) is 0 Å². The molecular formula is C25H31N3O4S. The van der Waals surface area contributed by atoms with Crippen molar-refractivity contribution in [2.45, 2.75) is 63.9 Å². The van der Waals surface area contributed by atoms with Gasteiger partial charge in [-0.3, -0.25) is 19.7 Å². The number of hydrogen-bond donors (Lipinski definition) is 1. The van der Waals surface area contributed by atoms with Crippen LogP contribution in [0.1, 0.15) is 49.3 Å². The quantitative estimate of drug-likeness (QED) is 0.405. The summed E-state index contributed by atoms with van der Waals surface area (Å²) in [5.41, 5.74) is 3.06. The van der Waals surface area contributed by atoms with E-state index in [1.807, 2.05) is 31.2 Å². The second-order valence-corrected chi connectivity index (χ2v) is 9.58. The van der Waals surface area contributed by atoms with E-state index in [4.69, 9.17) is 0 Å². The number of rotatable bonds is 10. The Morgan fingerprint density at radius 1 is 1.15 bits per heavy atom. The lowest BCUT2D eigenvalue weighted by molar-refractivity contribution is -0.384. The third-order valence-corrected chi connectivity index (χ3v) is 6.93. The zero-order valence-electron chi connectivity index (χ0n) is 19.2. The van der Waals surface area contributed by atoms with Crippen LogP contribution in [0.3, 0.4) is 0 Å². The van der Waals surface area contributed by atoms with E-state index >= 15 is 0 Å². The van der Waals surface area contributed by atoms with Crippen molar-refractivity contribution in [2.24, 2.45) is 0 Å². The number of non-ortho nitro benzene ring substituents is 1. The number of carbonyl (C=O) groups is 2. The van der Waals surface area contributed by atoms with Crippen LogP contribution >= 0.6 is 11.8 Å². The Balaban J connectivity index is 1.64. The molecule has 176 valence electrons. The molecule has 0 aliphatic heterocycles. The number of aryl methyl sites for hydroxylation is 1. The molecule has 1 aliphatic rings. The number of nitrogens with zero attached hydrogens (tertiary/aromatic N) is 2. The maximum atomic E-state index is 13.2. The molecule has 2 amide bonds. The topological polar surface area (TPSA) is 92.6 Å². The molecule has 8 heteroatoms. The third-order valence-electron chi connectivity index (χ3n) is 5.95. The van der Waals surface area contributed by atoms with E-state index in [0.29, 0.717) is 12.3 Å². The molecule has 1 aliphatic carbocycles. The van der Waals surface area contributed by atoms with Gasteiger partial charge in [0.1, 0.15) is 6.04 Å². The Morgan fingerprint density at radius 2 is 1.85 bits per heavy atom. The molecule has 0 radical (unpaired) electrons. The highest BCUT2D eigenvalue weighted by Gasteiger charge is 2.28. The first-order chi connectivity index (χ1) is 15.8. The minimum Gasteiger partial charge on any atom is -0.352 e. The van der Waals surface area contributed by atoms with Gasteiger partial charge in [0, 0.05) is 30.5 Å². The molecule has 1 N–H and O–H groups in total. The first kappa shape index (κ1) is 24.8. The van der Waals surface area contributed by atoms with Gasteiger partial charge in [0.2, 0.25) is 11.8 Å². The molecule has 0 saturated heterocycles. The Hall–Kier alpha value is -2.87. The molecule has 1 fully saturated rings. The minimum atomic E-state index is -0.571. The van der Waals surface area contributed by atoms with Crippen LogP contribution in [0.2, 0.25) is 0 Å². The number of thioether (sulfide) groups is 1. The van der Waals surface area contributed by atoms with Gasteiger partial charge in [-0.2, -0.15) is 0 Å². The zero-order chi connectivity index (χ0) is 23.8. The molecule has 1 saturated carbocycles. The van der Waals surface area contributed by atoms with Crippen molar-refractivity contribution in [3.8, 4) is 0 Å². The van der Waals surface area contributed by atoms with Crippen LogP contribution in [-0.2, 0) is 21.9 Å². The molecule has 0 bridgehead atoms. The summed E-state index contributed by atoms with van der Waals surface area (Å²) in [5, 5.41) is 13.9. The summed E-state index contributed by atoms with van der Waals surface area (Å²) in [6.45, 7) is 4.17. The number of benzene rings is 2. The number of carbonyl (C=O) groups excluding carboxylic acids is 2. The summed E-state index contributed by atoms with van der Waals surface area (Å²) in [7, 11) is 0. The van der Waals surface area contributed by atoms with Gasteiger partial charge >= 0.3 is 0 Å². The molecule has 1 atom stereocenters. The lowest BCUT2D eigenvalue weighted by atomic mass is 10.1. The average Bonchev–Trinajstić information content (AvgIpc) is 3.30. The lowest BCUT2D eigenvalue weighted by Crippen LogP contribution is -2.50. The number of nitro groups is 1. The van der Waals surface area contributed by atoms with Gasteiger partial charge in [0.15, 0.2) is 0 Å². The molecule has 2 aromatic carbocycles. The molecule has 1 unspecified atom stereocenters. The summed E-state index contributed by atoms with van der Waals surface area (Å²) < 4.78 is 0. The van der Waals surface area contributed by atoms with Crippen molar-refractivity contribution in [3.05, 3.63) is 75.3 Å². The van der Waals surface area contributed by atoms with Crippen LogP contribution in [0.15, 0.2) is 48.5 Å². The van der Waals surface area contributed by atoms with Crippen molar-refractivity contribution in [2.75, 3.05) is 5.75 Å². The van der Waals surface area contributed by atoms with Gasteiger partial charge in [-0.1, -0.05) is 54.8 Å². The highest BCUT2D eigenvalue weighted by Crippen LogP contribution is 2.20. The SMILES string of the molecule is Cc1cccc(CN(C(=O)CSCc2ccc([N+](=O)[O-])cc2)C(C)C(=O)NC2CCCC2)c1. The molecule has 0 spiro atoms. The molecule has 33 heavy (non-hydrogen) atoms. The van der Waals surface area contributed by atoms with Crippen molar-refractivity contribution in [1.82, 2.24) is 10.2 Å². The van der Waals surface area contributed by atoms with Crippen LogP contribution in [0, 0.1) is 17.0 Å². The van der Waals surface area contributed by atoms with E-state index in [1.54, 1.807) is 24.0 Å². The normalized spacial score (nSPS) is 14.6. The summed E-state index contributed by atoms with van der Waals surface area (Å²) in [6.07, 6.45) is 4.25. The maximum absolute atomic E-state index is 13.2. The van der Waals surface area contributed by atoms with Gasteiger partial charge in [-0.15, -0.1) is 11.8 Å². The molecule has 0 aromatic heterocycles. The fourth-order valence-electron chi connectivity index (χ4n) is 4.03. The van der Waals surface area contributed by atoms with Crippen molar-refractivity contribution >= 4 is 29.3 Å². The van der Waals surface area contributed by atoms with Gasteiger partial charge in [0.05, 0.1) is 10.7 Å². The summed E-state index contributed by atoms with van der Waals surface area (Å²) in [5.74, 6) is 0.579. The molecule has 2 aromatic rings. The van der Waals surface area contributed by atoms with E-state index in [0.717, 1.165) is 42.4 Å². The van der Waals surface area contributed by atoms with Crippen LogP contribution in [0.5, 0.6) is 0 Å². The summed E-state index contributed by atoms with van der Waals surface area (Å²) in [6, 6.07) is 14.0. The number of nitro benzene ring substituents is 1. The van der Waals surface area contributed by atoms with E-state index in [9.17, 15) is 19.7 Å². The first-order valence-electron chi connectivity index (χ1n) is 11.3. The fraction of sp³-hybridized carbons (Fsp3) is 0.440. The smallest absolute Gasteiger partial charge is 0.269 e. The van der Waals surface area contributed by atoms with Crippen LogP contribution in [0.4, 0.5) is 5.69 Å². The minimum absolute atomic E-state index is 0.0475. The Labute approximate surface area is 199 Å². The van der Waals surface area contributed by atoms with E-state index in [2.05, 4.69) is 5.32 Å². The van der Waals surface area contributed by atoms with Crippen LogP contribution < -0.4 is 5.32 Å². The monoisotopic (exact) mass is 469 g/mol. The molecule has 0 heterocycles. The highest BCUT2D eigenvalue weighted by molar-refractivity contribution is 7.99. The predicted octanol–water partition coefficient (Wildman–Crippen LogP) is 4.61. The summed E-state index contributed by atoms with van der Waals surface area (Å²) in [4.78, 5) is 38.1. The number of nitrogens with one attached hydrogen (secondary N) is 1. The van der Waals surface area contributed by atoms with Crippen LogP contribution in [-0.4, -0.2) is 39.5 Å². The lowest BCUT2D eigenvalue weighted by Gasteiger charge is -2.30. The predicted molar refractivity (Wildman–Crippen MR) is 131 cm³/mol. The van der Waals surface area contributed by atoms with E-state index in [-0.39, 0.29) is 29.3 Å². The Bertz CT molecular complexity index is 974. The van der Waals surface area contributed by atoms with Gasteiger partial charge in [0.25, 0.3) is 5.69 Å². The number of hydrogen-bond acceptors (Lipinski definition) is 5. The first-order valence-corrected chi connectivity index (χ1v) is 12.5. The van der Waals surface area contributed by atoms with E-state index < -0.39 is 11.0 Å². The van der Waals surface area contributed by atoms with Crippen molar-refractivity contribution in [3.63, 3.8) is 0 Å². The number of amides is 2.